The summed E-state index contributed by atoms with van der Waals surface area (Å²) in [5, 5.41) is 9.05. The quantitative estimate of drug-likeness (QED) is 0.876. The van der Waals surface area contributed by atoms with E-state index in [2.05, 4.69) is 9.97 Å². The lowest BCUT2D eigenvalue weighted by Gasteiger charge is -2.10. The van der Waals surface area contributed by atoms with Crippen molar-refractivity contribution in [1.29, 1.82) is 0 Å². The van der Waals surface area contributed by atoms with Gasteiger partial charge in [0, 0.05) is 11.6 Å². The number of aromatic carboxylic acids is 1. The van der Waals surface area contributed by atoms with E-state index in [4.69, 9.17) is 21.4 Å². The van der Waals surface area contributed by atoms with Gasteiger partial charge in [0.2, 0.25) is 0 Å². The van der Waals surface area contributed by atoms with Gasteiger partial charge in [0.15, 0.2) is 11.5 Å². The minimum Gasteiger partial charge on any atom is -0.491 e. The average Bonchev–Trinajstić information content (AvgIpc) is 2.38. The molecule has 0 fully saturated rings. The Labute approximate surface area is 121 Å². The third-order valence-electron chi connectivity index (χ3n) is 2.40. The number of carbonyl (C=O) groups is 1. The SMILES string of the molecule is CC(C)Oc1ccc(-c2nc(Cl)cc(C(=O)O)n2)cc1. The van der Waals surface area contributed by atoms with E-state index >= 15 is 0 Å². The topological polar surface area (TPSA) is 72.3 Å². The fourth-order valence-electron chi connectivity index (χ4n) is 1.61. The second-order valence-corrected chi connectivity index (χ2v) is 4.78. The summed E-state index contributed by atoms with van der Waals surface area (Å²) in [6.07, 6.45) is 0.0851. The van der Waals surface area contributed by atoms with Crippen LogP contribution in [0, 0.1) is 0 Å². The van der Waals surface area contributed by atoms with Crippen molar-refractivity contribution < 1.29 is 14.6 Å². The van der Waals surface area contributed by atoms with Gasteiger partial charge >= 0.3 is 5.97 Å². The highest BCUT2D eigenvalue weighted by Gasteiger charge is 2.11. The summed E-state index contributed by atoms with van der Waals surface area (Å²) in [4.78, 5) is 18.9. The zero-order valence-electron chi connectivity index (χ0n) is 11.0. The van der Waals surface area contributed by atoms with Crippen LogP contribution >= 0.6 is 11.6 Å². The number of carboxylic acid groups (broad SMARTS) is 1. The van der Waals surface area contributed by atoms with Gasteiger partial charge in [-0.2, -0.15) is 0 Å². The maximum Gasteiger partial charge on any atom is 0.354 e. The Morgan fingerprint density at radius 2 is 1.90 bits per heavy atom. The predicted molar refractivity (Wildman–Crippen MR) is 75.2 cm³/mol. The Bertz CT molecular complexity index is 627. The van der Waals surface area contributed by atoms with Crippen molar-refractivity contribution in [2.24, 2.45) is 0 Å². The van der Waals surface area contributed by atoms with Gasteiger partial charge in [-0.15, -0.1) is 0 Å². The Hall–Kier alpha value is -2.14. The molecule has 0 aliphatic heterocycles. The molecule has 0 radical (unpaired) electrons. The molecular weight excluding hydrogens is 280 g/mol. The zero-order chi connectivity index (χ0) is 14.7. The number of hydrogen-bond acceptors (Lipinski definition) is 4. The number of benzene rings is 1. The monoisotopic (exact) mass is 292 g/mol. The first-order valence-electron chi connectivity index (χ1n) is 6.00. The Kier molecular flexibility index (Phi) is 4.20. The van der Waals surface area contributed by atoms with Crippen LogP contribution in [0.2, 0.25) is 5.15 Å². The molecule has 2 rings (SSSR count). The van der Waals surface area contributed by atoms with Crippen molar-refractivity contribution in [3.05, 3.63) is 41.2 Å². The molecule has 0 aliphatic rings. The zero-order valence-corrected chi connectivity index (χ0v) is 11.8. The van der Waals surface area contributed by atoms with E-state index in [1.165, 1.54) is 6.07 Å². The molecule has 0 bridgehead atoms. The largest absolute Gasteiger partial charge is 0.491 e. The third-order valence-corrected chi connectivity index (χ3v) is 2.59. The van der Waals surface area contributed by atoms with Gasteiger partial charge in [-0.25, -0.2) is 14.8 Å². The molecule has 2 aromatic rings. The van der Waals surface area contributed by atoms with Gasteiger partial charge in [-0.1, -0.05) is 11.6 Å². The maximum atomic E-state index is 10.9. The molecule has 1 N–H and O–H groups in total. The van der Waals surface area contributed by atoms with Crippen LogP contribution in [0.1, 0.15) is 24.3 Å². The highest BCUT2D eigenvalue weighted by Crippen LogP contribution is 2.22. The summed E-state index contributed by atoms with van der Waals surface area (Å²) >= 11 is 5.80. The summed E-state index contributed by atoms with van der Waals surface area (Å²) in [5.41, 5.74) is 0.536. The van der Waals surface area contributed by atoms with Gasteiger partial charge in [-0.05, 0) is 38.1 Å². The molecular formula is C14H13ClN2O3. The van der Waals surface area contributed by atoms with Gasteiger partial charge in [0.25, 0.3) is 0 Å². The van der Waals surface area contributed by atoms with Crippen molar-refractivity contribution >= 4 is 17.6 Å². The van der Waals surface area contributed by atoms with Crippen LogP contribution in [0.3, 0.4) is 0 Å². The number of carboxylic acids is 1. The molecule has 1 aromatic heterocycles. The number of halogens is 1. The van der Waals surface area contributed by atoms with E-state index in [1.807, 2.05) is 13.8 Å². The lowest BCUT2D eigenvalue weighted by Crippen LogP contribution is -2.05. The molecule has 0 atom stereocenters. The molecule has 0 aliphatic carbocycles. The van der Waals surface area contributed by atoms with E-state index in [1.54, 1.807) is 24.3 Å². The van der Waals surface area contributed by atoms with Gasteiger partial charge in [-0.3, -0.25) is 0 Å². The highest BCUT2D eigenvalue weighted by atomic mass is 35.5. The Balaban J connectivity index is 2.34. The second kappa shape index (κ2) is 5.88. The second-order valence-electron chi connectivity index (χ2n) is 4.40. The van der Waals surface area contributed by atoms with Crippen LogP contribution in [0.5, 0.6) is 5.75 Å². The average molecular weight is 293 g/mol. The van der Waals surface area contributed by atoms with Crippen LogP contribution in [-0.4, -0.2) is 27.1 Å². The molecule has 0 saturated heterocycles. The van der Waals surface area contributed by atoms with Crippen LogP contribution in [0.25, 0.3) is 11.4 Å². The summed E-state index contributed by atoms with van der Waals surface area (Å²) < 4.78 is 5.53. The Morgan fingerprint density at radius 1 is 1.25 bits per heavy atom. The number of nitrogens with zero attached hydrogens (tertiary/aromatic N) is 2. The minimum atomic E-state index is -1.14. The number of aromatic nitrogens is 2. The minimum absolute atomic E-state index is 0.0851. The molecule has 1 heterocycles. The van der Waals surface area contributed by atoms with Gasteiger partial charge in [0.05, 0.1) is 6.10 Å². The standard InChI is InChI=1S/C14H13ClN2O3/c1-8(2)20-10-5-3-9(4-6-10)13-16-11(14(18)19)7-12(15)17-13/h3-8H,1-2H3,(H,18,19). The van der Waals surface area contributed by atoms with E-state index in [-0.39, 0.29) is 22.8 Å². The predicted octanol–water partition coefficient (Wildman–Crippen LogP) is 3.28. The molecule has 0 unspecified atom stereocenters. The van der Waals surface area contributed by atoms with Crippen LogP contribution in [-0.2, 0) is 0 Å². The Morgan fingerprint density at radius 3 is 2.45 bits per heavy atom. The number of rotatable bonds is 4. The fourth-order valence-corrected chi connectivity index (χ4v) is 1.79. The van der Waals surface area contributed by atoms with E-state index in [0.29, 0.717) is 5.56 Å². The lowest BCUT2D eigenvalue weighted by atomic mass is 10.2. The molecule has 0 spiro atoms. The number of hydrogen-bond donors (Lipinski definition) is 1. The summed E-state index contributed by atoms with van der Waals surface area (Å²) in [6, 6.07) is 8.29. The molecule has 1 aromatic carbocycles. The van der Waals surface area contributed by atoms with Gasteiger partial charge in [0.1, 0.15) is 10.9 Å². The summed E-state index contributed by atoms with van der Waals surface area (Å²) in [6.45, 7) is 3.88. The van der Waals surface area contributed by atoms with Crippen LogP contribution < -0.4 is 4.74 Å². The molecule has 0 amide bonds. The van der Waals surface area contributed by atoms with E-state index < -0.39 is 5.97 Å². The summed E-state index contributed by atoms with van der Waals surface area (Å²) in [5.74, 6) is -0.148. The summed E-state index contributed by atoms with van der Waals surface area (Å²) in [7, 11) is 0. The van der Waals surface area contributed by atoms with Crippen molar-refractivity contribution in [2.75, 3.05) is 0 Å². The van der Waals surface area contributed by atoms with Gasteiger partial charge < -0.3 is 9.84 Å². The number of ether oxygens (including phenoxy) is 1. The van der Waals surface area contributed by atoms with Crippen molar-refractivity contribution in [1.82, 2.24) is 9.97 Å². The lowest BCUT2D eigenvalue weighted by molar-refractivity contribution is 0.0690. The first kappa shape index (κ1) is 14.3. The fraction of sp³-hybridized carbons (Fsp3) is 0.214. The molecule has 104 valence electrons. The first-order chi connectivity index (χ1) is 9.45. The van der Waals surface area contributed by atoms with Crippen LogP contribution in [0.15, 0.2) is 30.3 Å². The van der Waals surface area contributed by atoms with Crippen LogP contribution in [0.4, 0.5) is 0 Å². The van der Waals surface area contributed by atoms with E-state index in [0.717, 1.165) is 5.75 Å². The van der Waals surface area contributed by atoms with Crippen molar-refractivity contribution in [2.45, 2.75) is 20.0 Å². The third kappa shape index (κ3) is 3.45. The van der Waals surface area contributed by atoms with Crippen molar-refractivity contribution in [3.63, 3.8) is 0 Å². The maximum absolute atomic E-state index is 10.9. The smallest absolute Gasteiger partial charge is 0.354 e. The normalized spacial score (nSPS) is 10.6. The highest BCUT2D eigenvalue weighted by molar-refractivity contribution is 6.29. The molecule has 5 nitrogen and oxygen atoms in total. The molecule has 6 heteroatoms. The molecule has 20 heavy (non-hydrogen) atoms. The molecule has 0 saturated carbocycles. The van der Waals surface area contributed by atoms with Crippen molar-refractivity contribution in [3.8, 4) is 17.1 Å². The first-order valence-corrected chi connectivity index (χ1v) is 6.38. The van der Waals surface area contributed by atoms with E-state index in [9.17, 15) is 4.79 Å².